The van der Waals surface area contributed by atoms with Gasteiger partial charge in [0, 0.05) is 17.3 Å². The molecule has 0 radical (unpaired) electrons. The van der Waals surface area contributed by atoms with Gasteiger partial charge in [0.2, 0.25) is 5.91 Å². The lowest BCUT2D eigenvalue weighted by atomic mass is 9.75. The van der Waals surface area contributed by atoms with E-state index in [4.69, 9.17) is 16.7 Å². The topological polar surface area (TPSA) is 84.2 Å². The number of hydrogen-bond acceptors (Lipinski definition) is 3. The first-order valence-corrected chi connectivity index (χ1v) is 8.12. The minimum absolute atomic E-state index is 0.171. The molecule has 0 fully saturated rings. The second-order valence-electron chi connectivity index (χ2n) is 5.54. The van der Waals surface area contributed by atoms with Crippen molar-refractivity contribution in [3.63, 3.8) is 0 Å². The fourth-order valence-electron chi connectivity index (χ4n) is 2.77. The van der Waals surface area contributed by atoms with Crippen LogP contribution in [0.15, 0.2) is 36.5 Å². The molecule has 0 bridgehead atoms. The normalized spacial score (nSPS) is 11.3. The lowest BCUT2D eigenvalue weighted by Crippen LogP contribution is -2.39. The van der Waals surface area contributed by atoms with E-state index in [9.17, 15) is 9.59 Å². The predicted molar refractivity (Wildman–Crippen MR) is 92.2 cm³/mol. The molecule has 1 aromatic heterocycles. The van der Waals surface area contributed by atoms with Crippen molar-refractivity contribution in [2.24, 2.45) is 0 Å². The first-order chi connectivity index (χ1) is 11.4. The Labute approximate surface area is 145 Å². The quantitative estimate of drug-likeness (QED) is 0.803. The number of nitrogens with one attached hydrogen (secondary N) is 1. The zero-order valence-corrected chi connectivity index (χ0v) is 14.4. The van der Waals surface area contributed by atoms with Gasteiger partial charge >= 0.3 is 5.97 Å². The number of anilines is 1. The number of nitrogens with zero attached hydrogens (tertiary/aromatic N) is 2. The number of hydrogen-bond donors (Lipinski definition) is 2. The molecular formula is C17H20ClN3O3. The third-order valence-corrected chi connectivity index (χ3v) is 4.47. The van der Waals surface area contributed by atoms with Gasteiger partial charge in [0.1, 0.15) is 6.54 Å². The molecule has 0 aliphatic rings. The number of carboxylic acids is 1. The summed E-state index contributed by atoms with van der Waals surface area (Å²) in [5.74, 6) is -0.828. The molecule has 24 heavy (non-hydrogen) atoms. The van der Waals surface area contributed by atoms with Crippen molar-refractivity contribution in [2.75, 3.05) is 5.32 Å². The molecule has 0 saturated carbocycles. The van der Waals surface area contributed by atoms with Crippen molar-refractivity contribution in [3.8, 4) is 0 Å². The number of rotatable bonds is 7. The maximum atomic E-state index is 12.9. The van der Waals surface area contributed by atoms with E-state index in [-0.39, 0.29) is 12.5 Å². The standard InChI is InChI=1S/C17H20ClN3O3/c1-3-17(4-2,12-5-7-13(18)8-6-12)16(24)19-14-9-10-21(20-14)11-15(22)23/h5-10H,3-4,11H2,1-2H3,(H,22,23)(H,19,20,24). The molecule has 1 aromatic carbocycles. The van der Waals surface area contributed by atoms with Crippen LogP contribution in [0.2, 0.25) is 5.02 Å². The summed E-state index contributed by atoms with van der Waals surface area (Å²) in [5.41, 5.74) is 0.195. The molecule has 7 heteroatoms. The summed E-state index contributed by atoms with van der Waals surface area (Å²) in [7, 11) is 0. The number of aliphatic carboxylic acids is 1. The molecule has 0 aliphatic carbocycles. The van der Waals surface area contributed by atoms with E-state index in [1.807, 2.05) is 26.0 Å². The summed E-state index contributed by atoms with van der Waals surface area (Å²) in [6.07, 6.45) is 2.76. The van der Waals surface area contributed by atoms with Crippen molar-refractivity contribution in [1.29, 1.82) is 0 Å². The van der Waals surface area contributed by atoms with Gasteiger partial charge in [0.15, 0.2) is 5.82 Å². The maximum Gasteiger partial charge on any atom is 0.325 e. The van der Waals surface area contributed by atoms with E-state index in [1.54, 1.807) is 18.2 Å². The van der Waals surface area contributed by atoms with Gasteiger partial charge in [-0.2, -0.15) is 5.10 Å². The summed E-state index contributed by atoms with van der Waals surface area (Å²) in [5, 5.41) is 16.3. The molecule has 2 aromatic rings. The summed E-state index contributed by atoms with van der Waals surface area (Å²) in [6, 6.07) is 8.84. The molecule has 6 nitrogen and oxygen atoms in total. The Balaban J connectivity index is 2.24. The van der Waals surface area contributed by atoms with Crippen LogP contribution in [0.25, 0.3) is 0 Å². The van der Waals surface area contributed by atoms with Gasteiger partial charge in [-0.25, -0.2) is 0 Å². The number of carbonyl (C=O) groups is 2. The Morgan fingerprint density at radius 3 is 2.38 bits per heavy atom. The van der Waals surface area contributed by atoms with Crippen molar-refractivity contribution in [2.45, 2.75) is 38.6 Å². The molecule has 0 unspecified atom stereocenters. The number of halogens is 1. The second kappa shape index (κ2) is 7.49. The van der Waals surface area contributed by atoms with E-state index >= 15 is 0 Å². The number of carbonyl (C=O) groups excluding carboxylic acids is 1. The fourth-order valence-corrected chi connectivity index (χ4v) is 2.90. The number of benzene rings is 1. The molecule has 0 saturated heterocycles. The van der Waals surface area contributed by atoms with Crippen molar-refractivity contribution < 1.29 is 14.7 Å². The van der Waals surface area contributed by atoms with Crippen LogP contribution in [-0.2, 0) is 21.5 Å². The predicted octanol–water partition coefficient (Wildman–Crippen LogP) is 3.32. The van der Waals surface area contributed by atoms with Crippen LogP contribution in [0.5, 0.6) is 0 Å². The molecule has 0 spiro atoms. The Morgan fingerprint density at radius 2 is 1.83 bits per heavy atom. The van der Waals surface area contributed by atoms with Crippen LogP contribution in [0, 0.1) is 0 Å². The molecular weight excluding hydrogens is 330 g/mol. The average Bonchev–Trinajstić information content (AvgIpc) is 2.97. The van der Waals surface area contributed by atoms with E-state index in [1.165, 1.54) is 10.9 Å². The maximum absolute atomic E-state index is 12.9. The lowest BCUT2D eigenvalue weighted by molar-refractivity contribution is -0.137. The minimum Gasteiger partial charge on any atom is -0.480 e. The first-order valence-electron chi connectivity index (χ1n) is 7.74. The second-order valence-corrected chi connectivity index (χ2v) is 5.98. The van der Waals surface area contributed by atoms with Gasteiger partial charge in [-0.15, -0.1) is 0 Å². The highest BCUT2D eigenvalue weighted by molar-refractivity contribution is 6.30. The van der Waals surface area contributed by atoms with E-state index < -0.39 is 11.4 Å². The molecule has 1 amide bonds. The largest absolute Gasteiger partial charge is 0.480 e. The smallest absolute Gasteiger partial charge is 0.325 e. The van der Waals surface area contributed by atoms with Gasteiger partial charge in [0.05, 0.1) is 5.41 Å². The van der Waals surface area contributed by atoms with Crippen LogP contribution in [0.4, 0.5) is 5.82 Å². The van der Waals surface area contributed by atoms with E-state index in [0.717, 1.165) is 5.56 Å². The highest BCUT2D eigenvalue weighted by Gasteiger charge is 2.37. The van der Waals surface area contributed by atoms with Gasteiger partial charge < -0.3 is 10.4 Å². The third kappa shape index (κ3) is 3.76. The molecule has 0 aliphatic heterocycles. The zero-order valence-electron chi connectivity index (χ0n) is 13.6. The average molecular weight is 350 g/mol. The Morgan fingerprint density at radius 1 is 1.21 bits per heavy atom. The van der Waals surface area contributed by atoms with Crippen molar-refractivity contribution >= 4 is 29.3 Å². The van der Waals surface area contributed by atoms with Crippen LogP contribution in [0.3, 0.4) is 0 Å². The molecule has 2 N–H and O–H groups in total. The molecule has 1 heterocycles. The lowest BCUT2D eigenvalue weighted by Gasteiger charge is -2.30. The zero-order chi connectivity index (χ0) is 17.7. The highest BCUT2D eigenvalue weighted by atomic mass is 35.5. The molecule has 0 atom stereocenters. The van der Waals surface area contributed by atoms with E-state index in [2.05, 4.69) is 10.4 Å². The summed E-state index contributed by atoms with van der Waals surface area (Å²) in [4.78, 5) is 23.6. The van der Waals surface area contributed by atoms with Gasteiger partial charge in [-0.3, -0.25) is 14.3 Å². The Bertz CT molecular complexity index is 721. The number of carboxylic acid groups (broad SMARTS) is 1. The number of amides is 1. The first kappa shape index (κ1) is 18.0. The van der Waals surface area contributed by atoms with Crippen LogP contribution >= 0.6 is 11.6 Å². The minimum atomic E-state index is -0.992. The Hall–Kier alpha value is -2.34. The van der Waals surface area contributed by atoms with Crippen LogP contribution in [-0.4, -0.2) is 26.8 Å². The van der Waals surface area contributed by atoms with E-state index in [0.29, 0.717) is 23.7 Å². The van der Waals surface area contributed by atoms with Crippen LogP contribution in [0.1, 0.15) is 32.3 Å². The van der Waals surface area contributed by atoms with Gasteiger partial charge in [-0.1, -0.05) is 37.6 Å². The summed E-state index contributed by atoms with van der Waals surface area (Å²) >= 11 is 5.94. The van der Waals surface area contributed by atoms with Crippen LogP contribution < -0.4 is 5.32 Å². The van der Waals surface area contributed by atoms with Gasteiger partial charge in [0.25, 0.3) is 0 Å². The molecule has 2 rings (SSSR count). The van der Waals surface area contributed by atoms with Crippen molar-refractivity contribution in [3.05, 3.63) is 47.1 Å². The fraction of sp³-hybridized carbons (Fsp3) is 0.353. The van der Waals surface area contributed by atoms with Crippen molar-refractivity contribution in [1.82, 2.24) is 9.78 Å². The van der Waals surface area contributed by atoms with Gasteiger partial charge in [-0.05, 0) is 30.5 Å². The Kier molecular flexibility index (Phi) is 5.62. The summed E-state index contributed by atoms with van der Waals surface area (Å²) < 4.78 is 1.26. The SMILES string of the molecule is CCC(CC)(C(=O)Nc1ccn(CC(=O)O)n1)c1ccc(Cl)cc1. The summed E-state index contributed by atoms with van der Waals surface area (Å²) in [6.45, 7) is 3.67. The monoisotopic (exact) mass is 349 g/mol. The molecule has 128 valence electrons. The number of aromatic nitrogens is 2. The third-order valence-electron chi connectivity index (χ3n) is 4.22. The highest BCUT2D eigenvalue weighted by Crippen LogP contribution is 2.33.